The van der Waals surface area contributed by atoms with Crippen LogP contribution in [0, 0.1) is 17.2 Å². The average molecular weight is 658 g/mol. The summed E-state index contributed by atoms with van der Waals surface area (Å²) in [6, 6.07) is 7.17. The number of rotatable bonds is 6. The van der Waals surface area contributed by atoms with Gasteiger partial charge in [-0.25, -0.2) is 4.98 Å². The fourth-order valence-electron chi connectivity index (χ4n) is 8.39. The number of hydrogen-bond donors (Lipinski definition) is 2. The monoisotopic (exact) mass is 657 g/mol. The average Bonchev–Trinajstić information content (AvgIpc) is 3.79. The van der Waals surface area contributed by atoms with Crippen molar-refractivity contribution >= 4 is 45.5 Å². The summed E-state index contributed by atoms with van der Waals surface area (Å²) in [4.78, 5) is 45.9. The van der Waals surface area contributed by atoms with Gasteiger partial charge in [0.25, 0.3) is 5.91 Å². The van der Waals surface area contributed by atoms with E-state index in [1.807, 2.05) is 17.9 Å². The molecule has 47 heavy (non-hydrogen) atoms. The number of nitrogens with two attached hydrogens (primary N) is 2. The number of fused-ring (bicyclic) bond motifs is 2. The zero-order valence-electron chi connectivity index (χ0n) is 26.6. The van der Waals surface area contributed by atoms with E-state index in [0.717, 1.165) is 68.5 Å². The SMILES string of the molecule is C.C=CC(=O)N1CC2CN(c3cc(C(N)=NC(=O)C4(C)CCCc5sc(N)c(C#N)c54)nc(N4CCN(C5CCCC5)CC4)c3)C2C1. The standard InChI is InChI=1S/C34H43N9O2S.CH4/c1-3-29(44)42-18-21-19-43(26(21)20-42)23-15-25(38-28(16-23)41-13-11-40(12-14-41)22-7-4-5-8-22)31(36)39-33(45)34(2)10-6-9-27-30(34)24(17-35)32(37)46-27;/h3,15-16,21-22,26H,1,4-14,18-20,37H2,2H3,(H2,36,39,45);1H4. The molecule has 2 aromatic rings. The van der Waals surface area contributed by atoms with Crippen LogP contribution in [0.4, 0.5) is 16.5 Å². The maximum atomic E-state index is 13.9. The maximum Gasteiger partial charge on any atom is 0.258 e. The molecule has 3 saturated heterocycles. The highest BCUT2D eigenvalue weighted by atomic mass is 32.1. The zero-order valence-corrected chi connectivity index (χ0v) is 27.4. The molecule has 2 amide bonds. The number of piperazine rings is 1. The number of nitrogens with zero attached hydrogens (tertiary/aromatic N) is 7. The Balaban J connectivity index is 0.00000386. The summed E-state index contributed by atoms with van der Waals surface area (Å²) < 4.78 is 0. The van der Waals surface area contributed by atoms with Gasteiger partial charge in [-0.15, -0.1) is 11.3 Å². The molecule has 4 fully saturated rings. The number of aryl methyl sites for hydroxylation is 1. The number of carbonyl (C=O) groups is 2. The minimum atomic E-state index is -0.982. The van der Waals surface area contributed by atoms with Gasteiger partial charge in [0.2, 0.25) is 5.91 Å². The molecule has 2 aliphatic carbocycles. The molecule has 1 saturated carbocycles. The van der Waals surface area contributed by atoms with Crippen LogP contribution in [-0.2, 0) is 21.4 Å². The van der Waals surface area contributed by atoms with E-state index >= 15 is 0 Å². The van der Waals surface area contributed by atoms with Gasteiger partial charge < -0.3 is 26.2 Å². The topological polar surface area (TPSA) is 148 Å². The van der Waals surface area contributed by atoms with Gasteiger partial charge in [-0.2, -0.15) is 10.3 Å². The smallest absolute Gasteiger partial charge is 0.258 e. The summed E-state index contributed by atoms with van der Waals surface area (Å²) in [7, 11) is 0. The predicted molar refractivity (Wildman–Crippen MR) is 188 cm³/mol. The third-order valence-electron chi connectivity index (χ3n) is 11.0. The van der Waals surface area contributed by atoms with Gasteiger partial charge in [0.05, 0.1) is 17.0 Å². The van der Waals surface area contributed by atoms with Crippen molar-refractivity contribution in [2.45, 2.75) is 76.8 Å². The highest BCUT2D eigenvalue weighted by molar-refractivity contribution is 7.16. The second-order valence-corrected chi connectivity index (χ2v) is 14.8. The molecular weight excluding hydrogens is 611 g/mol. The van der Waals surface area contributed by atoms with Crippen LogP contribution in [0.1, 0.15) is 74.6 Å². The first-order valence-corrected chi connectivity index (χ1v) is 17.4. The number of aliphatic imine (C=N–C) groups is 1. The Morgan fingerprint density at radius 3 is 2.60 bits per heavy atom. The summed E-state index contributed by atoms with van der Waals surface area (Å²) >= 11 is 1.39. The summed E-state index contributed by atoms with van der Waals surface area (Å²) in [5.41, 5.74) is 14.4. The van der Waals surface area contributed by atoms with Crippen LogP contribution in [0.2, 0.25) is 0 Å². The number of amidine groups is 1. The van der Waals surface area contributed by atoms with Crippen LogP contribution < -0.4 is 21.3 Å². The number of nitriles is 1. The largest absolute Gasteiger partial charge is 0.389 e. The van der Waals surface area contributed by atoms with E-state index < -0.39 is 5.41 Å². The molecule has 7 rings (SSSR count). The summed E-state index contributed by atoms with van der Waals surface area (Å²) in [6.45, 7) is 11.5. The van der Waals surface area contributed by atoms with Crippen molar-refractivity contribution in [3.8, 4) is 6.07 Å². The lowest BCUT2D eigenvalue weighted by molar-refractivity contribution is -0.125. The summed E-state index contributed by atoms with van der Waals surface area (Å²) in [6.07, 6.45) is 8.78. The lowest BCUT2D eigenvalue weighted by atomic mass is 9.72. The Labute approximate surface area is 281 Å². The van der Waals surface area contributed by atoms with E-state index in [-0.39, 0.29) is 31.1 Å². The van der Waals surface area contributed by atoms with Gasteiger partial charge >= 0.3 is 0 Å². The molecule has 5 aliphatic rings. The van der Waals surface area contributed by atoms with Crippen LogP contribution in [-0.4, -0.2) is 90.3 Å². The molecule has 12 heteroatoms. The number of anilines is 3. The number of hydrogen-bond acceptors (Lipinski definition) is 9. The summed E-state index contributed by atoms with van der Waals surface area (Å²) in [5.74, 6) is 0.886. The number of carbonyl (C=O) groups excluding carboxylic acids is 2. The highest BCUT2D eigenvalue weighted by Gasteiger charge is 2.47. The van der Waals surface area contributed by atoms with E-state index in [9.17, 15) is 14.9 Å². The van der Waals surface area contributed by atoms with E-state index in [0.29, 0.717) is 46.7 Å². The molecule has 0 bridgehead atoms. The lowest BCUT2D eigenvalue weighted by Crippen LogP contribution is -2.56. The van der Waals surface area contributed by atoms with E-state index in [2.05, 4.69) is 38.4 Å². The molecule has 250 valence electrons. The number of nitrogen functional groups attached to an aromatic ring is 1. The Kier molecular flexibility index (Phi) is 9.06. The molecule has 4 N–H and O–H groups in total. The van der Waals surface area contributed by atoms with Crippen molar-refractivity contribution in [3.63, 3.8) is 0 Å². The van der Waals surface area contributed by atoms with Crippen molar-refractivity contribution in [1.29, 1.82) is 5.26 Å². The maximum absolute atomic E-state index is 13.9. The molecular formula is C35H47N9O2S. The highest BCUT2D eigenvalue weighted by Crippen LogP contribution is 2.46. The Morgan fingerprint density at radius 2 is 1.89 bits per heavy atom. The van der Waals surface area contributed by atoms with Crippen molar-refractivity contribution in [2.24, 2.45) is 16.6 Å². The molecule has 2 aromatic heterocycles. The van der Waals surface area contributed by atoms with E-state index in [4.69, 9.17) is 16.5 Å². The van der Waals surface area contributed by atoms with Crippen LogP contribution in [0.25, 0.3) is 0 Å². The Morgan fingerprint density at radius 1 is 1.15 bits per heavy atom. The molecule has 0 radical (unpaired) electrons. The number of thiophene rings is 1. The first-order valence-electron chi connectivity index (χ1n) is 16.6. The third-order valence-corrected chi connectivity index (χ3v) is 12.1. The fourth-order valence-corrected chi connectivity index (χ4v) is 9.58. The second-order valence-electron chi connectivity index (χ2n) is 13.7. The van der Waals surface area contributed by atoms with E-state index in [1.54, 1.807) is 0 Å². The van der Waals surface area contributed by atoms with Gasteiger partial charge in [-0.1, -0.05) is 26.8 Å². The quantitative estimate of drug-likeness (QED) is 0.270. The number of pyridine rings is 1. The first kappa shape index (κ1) is 33.0. The molecule has 0 aromatic carbocycles. The normalized spacial score (nSPS) is 26.2. The molecule has 0 spiro atoms. The van der Waals surface area contributed by atoms with Crippen LogP contribution in [0.3, 0.4) is 0 Å². The summed E-state index contributed by atoms with van der Waals surface area (Å²) in [5, 5.41) is 10.3. The molecule has 3 aliphatic heterocycles. The minimum absolute atomic E-state index is 0. The first-order chi connectivity index (χ1) is 22.2. The minimum Gasteiger partial charge on any atom is -0.389 e. The van der Waals surface area contributed by atoms with Crippen LogP contribution >= 0.6 is 11.3 Å². The van der Waals surface area contributed by atoms with Crippen LogP contribution in [0.15, 0.2) is 29.8 Å². The third kappa shape index (κ3) is 5.78. The van der Waals surface area contributed by atoms with Crippen molar-refractivity contribution < 1.29 is 9.59 Å². The molecule has 11 nitrogen and oxygen atoms in total. The van der Waals surface area contributed by atoms with Crippen molar-refractivity contribution in [2.75, 3.05) is 61.3 Å². The molecule has 3 atom stereocenters. The van der Waals surface area contributed by atoms with Gasteiger partial charge in [0, 0.05) is 80.0 Å². The lowest BCUT2D eigenvalue weighted by Gasteiger charge is -2.45. The molecule has 3 unspecified atom stereocenters. The zero-order chi connectivity index (χ0) is 32.2. The second kappa shape index (κ2) is 12.9. The van der Waals surface area contributed by atoms with Gasteiger partial charge in [0.15, 0.2) is 5.84 Å². The fraction of sp³-hybridized carbons (Fsp3) is 0.571. The van der Waals surface area contributed by atoms with Gasteiger partial charge in [-0.05, 0) is 51.2 Å². The number of aromatic nitrogens is 1. The Hall–Kier alpha value is -3.95. The predicted octanol–water partition coefficient (Wildman–Crippen LogP) is 3.66. The molecule has 5 heterocycles. The van der Waals surface area contributed by atoms with Gasteiger partial charge in [0.1, 0.15) is 22.6 Å². The number of likely N-dealkylation sites (tertiary alicyclic amines) is 1. The van der Waals surface area contributed by atoms with E-state index in [1.165, 1.54) is 43.1 Å². The van der Waals surface area contributed by atoms with Crippen molar-refractivity contribution in [1.82, 2.24) is 14.8 Å². The Bertz CT molecular complexity index is 1630. The number of amides is 2. The van der Waals surface area contributed by atoms with Gasteiger partial charge in [-0.3, -0.25) is 14.5 Å². The van der Waals surface area contributed by atoms with Crippen LogP contribution in [0.5, 0.6) is 0 Å². The van der Waals surface area contributed by atoms with Crippen molar-refractivity contribution in [3.05, 3.63) is 46.5 Å².